The predicted octanol–water partition coefficient (Wildman–Crippen LogP) is 0.496. The molecule has 0 aliphatic carbocycles. The Bertz CT molecular complexity index is 123. The Labute approximate surface area is 68.3 Å². The van der Waals surface area contributed by atoms with Crippen LogP contribution < -0.4 is 11.1 Å². The first kappa shape index (κ1) is 10.4. The van der Waals surface area contributed by atoms with Crippen molar-refractivity contribution in [3.8, 4) is 0 Å². The Morgan fingerprint density at radius 2 is 2.09 bits per heavy atom. The molecule has 0 heterocycles. The standard InChI is InChI=1S/C8H18N2O/c1-4-6(2)8(11)10-5-7(3)9/h6-7H,4-5,9H2,1-3H3,(H,10,11). The number of carbonyl (C=O) groups excluding carboxylic acids is 1. The quantitative estimate of drug-likeness (QED) is 0.626. The molecule has 2 atom stereocenters. The average Bonchev–Trinajstić information content (AvgIpc) is 1.98. The normalized spacial score (nSPS) is 15.6. The van der Waals surface area contributed by atoms with Crippen LogP contribution >= 0.6 is 0 Å². The highest BCUT2D eigenvalue weighted by Crippen LogP contribution is 1.98. The summed E-state index contributed by atoms with van der Waals surface area (Å²) in [5.74, 6) is 0.207. The van der Waals surface area contributed by atoms with Crippen molar-refractivity contribution in [1.82, 2.24) is 5.32 Å². The third-order valence-corrected chi connectivity index (χ3v) is 1.66. The van der Waals surface area contributed by atoms with E-state index in [0.29, 0.717) is 6.54 Å². The molecule has 0 aromatic heterocycles. The van der Waals surface area contributed by atoms with E-state index in [9.17, 15) is 4.79 Å². The van der Waals surface area contributed by atoms with Gasteiger partial charge in [0.05, 0.1) is 0 Å². The molecule has 0 aromatic rings. The lowest BCUT2D eigenvalue weighted by molar-refractivity contribution is -0.124. The molecular formula is C8H18N2O. The average molecular weight is 158 g/mol. The van der Waals surface area contributed by atoms with Gasteiger partial charge in [-0.15, -0.1) is 0 Å². The first-order valence-electron chi connectivity index (χ1n) is 4.11. The second kappa shape index (κ2) is 5.13. The van der Waals surface area contributed by atoms with Crippen LogP contribution in [0, 0.1) is 5.92 Å². The van der Waals surface area contributed by atoms with Crippen molar-refractivity contribution in [2.75, 3.05) is 6.54 Å². The van der Waals surface area contributed by atoms with Crippen molar-refractivity contribution in [2.24, 2.45) is 11.7 Å². The summed E-state index contributed by atoms with van der Waals surface area (Å²) in [7, 11) is 0. The van der Waals surface area contributed by atoms with Crippen LogP contribution in [0.4, 0.5) is 0 Å². The predicted molar refractivity (Wildman–Crippen MR) is 46.1 cm³/mol. The third-order valence-electron chi connectivity index (χ3n) is 1.66. The Kier molecular flexibility index (Phi) is 4.86. The van der Waals surface area contributed by atoms with Gasteiger partial charge in [0.2, 0.25) is 5.91 Å². The molecule has 0 rings (SSSR count). The first-order valence-corrected chi connectivity index (χ1v) is 4.11. The van der Waals surface area contributed by atoms with Gasteiger partial charge in [0, 0.05) is 18.5 Å². The number of rotatable bonds is 4. The van der Waals surface area contributed by atoms with E-state index in [0.717, 1.165) is 6.42 Å². The van der Waals surface area contributed by atoms with E-state index in [1.165, 1.54) is 0 Å². The summed E-state index contributed by atoms with van der Waals surface area (Å²) in [4.78, 5) is 11.1. The van der Waals surface area contributed by atoms with Gasteiger partial charge in [-0.3, -0.25) is 4.79 Å². The van der Waals surface area contributed by atoms with E-state index in [2.05, 4.69) is 5.32 Å². The Morgan fingerprint density at radius 1 is 1.55 bits per heavy atom. The maximum Gasteiger partial charge on any atom is 0.222 e. The highest BCUT2D eigenvalue weighted by atomic mass is 16.1. The zero-order chi connectivity index (χ0) is 8.85. The van der Waals surface area contributed by atoms with E-state index in [1.54, 1.807) is 0 Å². The molecule has 3 N–H and O–H groups in total. The van der Waals surface area contributed by atoms with Crippen LogP contribution in [-0.4, -0.2) is 18.5 Å². The molecule has 0 aliphatic rings. The summed E-state index contributed by atoms with van der Waals surface area (Å²) in [6, 6.07) is 0.0445. The minimum Gasteiger partial charge on any atom is -0.354 e. The Hall–Kier alpha value is -0.570. The number of amides is 1. The van der Waals surface area contributed by atoms with Crippen molar-refractivity contribution in [3.05, 3.63) is 0 Å². The summed E-state index contributed by atoms with van der Waals surface area (Å²) in [5, 5.41) is 2.77. The van der Waals surface area contributed by atoms with Gasteiger partial charge < -0.3 is 11.1 Å². The van der Waals surface area contributed by atoms with Crippen LogP contribution in [0.25, 0.3) is 0 Å². The number of hydrogen-bond donors (Lipinski definition) is 2. The van der Waals surface area contributed by atoms with Crippen molar-refractivity contribution < 1.29 is 4.79 Å². The molecule has 0 saturated carbocycles. The van der Waals surface area contributed by atoms with Gasteiger partial charge >= 0.3 is 0 Å². The molecule has 0 aromatic carbocycles. The van der Waals surface area contributed by atoms with Crippen molar-refractivity contribution >= 4 is 5.91 Å². The summed E-state index contributed by atoms with van der Waals surface area (Å²) >= 11 is 0. The number of hydrogen-bond acceptors (Lipinski definition) is 2. The largest absolute Gasteiger partial charge is 0.354 e. The van der Waals surface area contributed by atoms with Crippen molar-refractivity contribution in [1.29, 1.82) is 0 Å². The van der Waals surface area contributed by atoms with Crippen LogP contribution in [0.2, 0.25) is 0 Å². The first-order chi connectivity index (χ1) is 5.07. The van der Waals surface area contributed by atoms with E-state index in [1.807, 2.05) is 20.8 Å². The number of nitrogens with two attached hydrogens (primary N) is 1. The van der Waals surface area contributed by atoms with Gasteiger partial charge in [-0.2, -0.15) is 0 Å². The molecule has 66 valence electrons. The summed E-state index contributed by atoms with van der Waals surface area (Å²) in [6.45, 7) is 6.35. The van der Waals surface area contributed by atoms with E-state index >= 15 is 0 Å². The minimum atomic E-state index is 0.0445. The third kappa shape index (κ3) is 4.79. The van der Waals surface area contributed by atoms with Crippen molar-refractivity contribution in [3.63, 3.8) is 0 Å². The maximum atomic E-state index is 11.1. The monoisotopic (exact) mass is 158 g/mol. The van der Waals surface area contributed by atoms with Crippen LogP contribution in [0.15, 0.2) is 0 Å². The summed E-state index contributed by atoms with van der Waals surface area (Å²) < 4.78 is 0. The van der Waals surface area contributed by atoms with Crippen LogP contribution in [0.5, 0.6) is 0 Å². The van der Waals surface area contributed by atoms with E-state index in [4.69, 9.17) is 5.73 Å². The minimum absolute atomic E-state index is 0.0445. The summed E-state index contributed by atoms with van der Waals surface area (Å²) in [5.41, 5.74) is 5.47. The molecular weight excluding hydrogens is 140 g/mol. The molecule has 0 spiro atoms. The lowest BCUT2D eigenvalue weighted by atomic mass is 10.1. The second-order valence-electron chi connectivity index (χ2n) is 3.03. The fraction of sp³-hybridized carbons (Fsp3) is 0.875. The van der Waals surface area contributed by atoms with Gasteiger partial charge in [0.25, 0.3) is 0 Å². The van der Waals surface area contributed by atoms with Gasteiger partial charge in [-0.05, 0) is 13.3 Å². The zero-order valence-corrected chi connectivity index (χ0v) is 7.55. The lowest BCUT2D eigenvalue weighted by Crippen LogP contribution is -2.37. The molecule has 11 heavy (non-hydrogen) atoms. The highest BCUT2D eigenvalue weighted by molar-refractivity contribution is 5.78. The fourth-order valence-corrected chi connectivity index (χ4v) is 0.621. The molecule has 3 heteroatoms. The van der Waals surface area contributed by atoms with Crippen LogP contribution in [0.3, 0.4) is 0 Å². The molecule has 0 aliphatic heterocycles. The molecule has 0 saturated heterocycles. The highest BCUT2D eigenvalue weighted by Gasteiger charge is 2.09. The van der Waals surface area contributed by atoms with E-state index < -0.39 is 0 Å². The topological polar surface area (TPSA) is 55.1 Å². The lowest BCUT2D eigenvalue weighted by Gasteiger charge is -2.11. The van der Waals surface area contributed by atoms with Gasteiger partial charge in [0.1, 0.15) is 0 Å². The SMILES string of the molecule is CCC(C)C(=O)NCC(C)N. The van der Waals surface area contributed by atoms with Crippen LogP contribution in [-0.2, 0) is 4.79 Å². The Morgan fingerprint density at radius 3 is 2.45 bits per heavy atom. The number of nitrogens with one attached hydrogen (secondary N) is 1. The van der Waals surface area contributed by atoms with Crippen LogP contribution in [0.1, 0.15) is 27.2 Å². The van der Waals surface area contributed by atoms with Gasteiger partial charge in [-0.1, -0.05) is 13.8 Å². The maximum absolute atomic E-state index is 11.1. The van der Waals surface area contributed by atoms with E-state index in [-0.39, 0.29) is 17.9 Å². The van der Waals surface area contributed by atoms with Crippen molar-refractivity contribution in [2.45, 2.75) is 33.2 Å². The van der Waals surface area contributed by atoms with Gasteiger partial charge in [0.15, 0.2) is 0 Å². The molecule has 0 radical (unpaired) electrons. The molecule has 0 fully saturated rings. The molecule has 1 amide bonds. The fourth-order valence-electron chi connectivity index (χ4n) is 0.621. The number of carbonyl (C=O) groups is 1. The zero-order valence-electron chi connectivity index (χ0n) is 7.55. The smallest absolute Gasteiger partial charge is 0.222 e. The molecule has 0 bridgehead atoms. The molecule has 3 nitrogen and oxygen atoms in total. The second-order valence-corrected chi connectivity index (χ2v) is 3.03. The molecule has 2 unspecified atom stereocenters. The van der Waals surface area contributed by atoms with Gasteiger partial charge in [-0.25, -0.2) is 0 Å². The summed E-state index contributed by atoms with van der Waals surface area (Å²) in [6.07, 6.45) is 0.880. The Balaban J connectivity index is 3.52.